The van der Waals surface area contributed by atoms with E-state index in [2.05, 4.69) is 22.3 Å². The molecular weight excluding hydrogens is 342 g/mol. The van der Waals surface area contributed by atoms with Crippen molar-refractivity contribution in [2.24, 2.45) is 11.7 Å². The van der Waals surface area contributed by atoms with E-state index in [4.69, 9.17) is 17.3 Å². The number of hydrogen-bond acceptors (Lipinski definition) is 4. The lowest BCUT2D eigenvalue weighted by Gasteiger charge is -2.30. The van der Waals surface area contributed by atoms with E-state index >= 15 is 0 Å². The first-order valence-electron chi connectivity index (χ1n) is 8.02. The smallest absolute Gasteiger partial charge is 0.225 e. The summed E-state index contributed by atoms with van der Waals surface area (Å²) in [6, 6.07) is 13.9. The normalized spacial score (nSPS) is 19.2. The number of halogens is 1. The molecule has 0 spiro atoms. The summed E-state index contributed by atoms with van der Waals surface area (Å²) in [5, 5.41) is 3.81. The molecule has 0 bridgehead atoms. The number of hydrogen-bond donors (Lipinski definition) is 2. The van der Waals surface area contributed by atoms with E-state index in [-0.39, 0.29) is 17.3 Å². The molecule has 2 aliphatic rings. The fourth-order valence-corrected chi connectivity index (χ4v) is 4.44. The molecule has 0 aromatic heterocycles. The van der Waals surface area contributed by atoms with Crippen LogP contribution in [-0.2, 0) is 11.3 Å². The summed E-state index contributed by atoms with van der Waals surface area (Å²) in [7, 11) is 0. The molecular formula is C18H18ClN3OS. The van der Waals surface area contributed by atoms with Gasteiger partial charge in [0.15, 0.2) is 5.50 Å². The van der Waals surface area contributed by atoms with E-state index in [0.717, 1.165) is 34.7 Å². The third-order valence-corrected chi connectivity index (χ3v) is 5.80. The highest BCUT2D eigenvalue weighted by molar-refractivity contribution is 8.00. The number of thioether (sulfide) groups is 1. The van der Waals surface area contributed by atoms with E-state index in [9.17, 15) is 4.79 Å². The monoisotopic (exact) mass is 359 g/mol. The van der Waals surface area contributed by atoms with Gasteiger partial charge in [0.05, 0.1) is 16.4 Å². The van der Waals surface area contributed by atoms with Gasteiger partial charge in [-0.25, -0.2) is 0 Å². The molecule has 3 N–H and O–H groups in total. The minimum absolute atomic E-state index is 0.117. The van der Waals surface area contributed by atoms with E-state index in [1.807, 2.05) is 30.3 Å². The first kappa shape index (κ1) is 15.8. The van der Waals surface area contributed by atoms with Crippen LogP contribution in [0.4, 0.5) is 11.4 Å². The Balaban J connectivity index is 1.77. The second-order valence-corrected chi connectivity index (χ2v) is 7.57. The van der Waals surface area contributed by atoms with Gasteiger partial charge in [0, 0.05) is 17.4 Å². The molecule has 0 radical (unpaired) electrons. The minimum Gasteiger partial charge on any atom is -0.326 e. The van der Waals surface area contributed by atoms with Crippen molar-refractivity contribution in [2.45, 2.75) is 29.8 Å². The Bertz CT molecular complexity index is 794. The number of nitrogens with one attached hydrogen (secondary N) is 1. The summed E-state index contributed by atoms with van der Waals surface area (Å²) in [5.41, 5.74) is 8.61. The quantitative estimate of drug-likeness (QED) is 0.870. The Hall–Kier alpha value is -1.69. The fourth-order valence-electron chi connectivity index (χ4n) is 2.97. The molecule has 1 amide bonds. The van der Waals surface area contributed by atoms with Crippen LogP contribution in [0.3, 0.4) is 0 Å². The van der Waals surface area contributed by atoms with Gasteiger partial charge in [-0.3, -0.25) is 4.79 Å². The summed E-state index contributed by atoms with van der Waals surface area (Å²) < 4.78 is 0. The first-order valence-corrected chi connectivity index (χ1v) is 9.27. The molecule has 6 heteroatoms. The van der Waals surface area contributed by atoms with Crippen LogP contribution < -0.4 is 16.0 Å². The molecule has 124 valence electrons. The van der Waals surface area contributed by atoms with Crippen molar-refractivity contribution in [1.82, 2.24) is 5.32 Å². The number of nitrogens with two attached hydrogens (primary N) is 1. The number of carbonyl (C=O) groups excluding carboxylic acids is 1. The molecule has 0 saturated heterocycles. The molecule has 24 heavy (non-hydrogen) atoms. The molecule has 2 aromatic carbocycles. The highest BCUT2D eigenvalue weighted by atomic mass is 35.5. The molecule has 1 unspecified atom stereocenters. The molecule has 1 heterocycles. The van der Waals surface area contributed by atoms with E-state index < -0.39 is 0 Å². The Morgan fingerprint density at radius 1 is 1.25 bits per heavy atom. The van der Waals surface area contributed by atoms with Gasteiger partial charge in [-0.15, -0.1) is 0 Å². The summed E-state index contributed by atoms with van der Waals surface area (Å²) in [4.78, 5) is 15.5. The van der Waals surface area contributed by atoms with E-state index in [1.165, 1.54) is 0 Å². The summed E-state index contributed by atoms with van der Waals surface area (Å²) in [5.74, 6) is 0.281. The van der Waals surface area contributed by atoms with Gasteiger partial charge >= 0.3 is 0 Å². The van der Waals surface area contributed by atoms with Crippen LogP contribution in [0, 0.1) is 5.92 Å². The van der Waals surface area contributed by atoms with Crippen molar-refractivity contribution < 1.29 is 4.79 Å². The number of carbonyl (C=O) groups is 1. The lowest BCUT2D eigenvalue weighted by molar-refractivity contribution is -0.122. The zero-order chi connectivity index (χ0) is 16.7. The molecule has 2 aromatic rings. The minimum atomic E-state index is -0.208. The third kappa shape index (κ3) is 2.77. The molecule has 4 rings (SSSR count). The number of amides is 1. The molecule has 1 aliphatic heterocycles. The van der Waals surface area contributed by atoms with Crippen molar-refractivity contribution in [3.8, 4) is 0 Å². The zero-order valence-electron chi connectivity index (χ0n) is 13.0. The number of rotatable bonds is 4. The number of para-hydroxylation sites is 2. The van der Waals surface area contributed by atoms with Gasteiger partial charge < -0.3 is 16.0 Å². The second kappa shape index (κ2) is 6.31. The molecule has 1 aliphatic carbocycles. The predicted molar refractivity (Wildman–Crippen MR) is 98.4 cm³/mol. The van der Waals surface area contributed by atoms with Crippen LogP contribution in [0.25, 0.3) is 0 Å². The number of anilines is 2. The van der Waals surface area contributed by atoms with Crippen LogP contribution in [0.5, 0.6) is 0 Å². The molecule has 1 atom stereocenters. The lowest BCUT2D eigenvalue weighted by atomic mass is 10.1. The van der Waals surface area contributed by atoms with Crippen molar-refractivity contribution in [3.05, 3.63) is 53.1 Å². The Labute approximate surface area is 150 Å². The average Bonchev–Trinajstić information content (AvgIpc) is 3.38. The van der Waals surface area contributed by atoms with Crippen molar-refractivity contribution in [2.75, 3.05) is 4.90 Å². The van der Waals surface area contributed by atoms with Crippen LogP contribution in [-0.4, -0.2) is 11.4 Å². The second-order valence-electron chi connectivity index (χ2n) is 6.04. The fraction of sp³-hybridized carbons (Fsp3) is 0.278. The standard InChI is InChI=1S/C18H18ClN3OS/c19-13-5-3-4-12(10-20)16(13)22-14-6-1-2-7-15(14)24-18(22)21-17(23)11-8-9-11/h1-7,11,18H,8-10,20H2,(H,21,23). The SMILES string of the molecule is NCc1cccc(Cl)c1N1c2ccccc2SC1NC(=O)C1CC1. The van der Waals surface area contributed by atoms with Crippen LogP contribution >= 0.6 is 23.4 Å². The number of nitrogens with zero attached hydrogens (tertiary/aromatic N) is 1. The Morgan fingerprint density at radius 2 is 2.04 bits per heavy atom. The largest absolute Gasteiger partial charge is 0.326 e. The zero-order valence-corrected chi connectivity index (χ0v) is 14.6. The highest BCUT2D eigenvalue weighted by Crippen LogP contribution is 2.49. The summed E-state index contributed by atoms with van der Waals surface area (Å²) in [6.07, 6.45) is 1.96. The predicted octanol–water partition coefficient (Wildman–Crippen LogP) is 3.85. The van der Waals surface area contributed by atoms with E-state index in [1.54, 1.807) is 11.8 Å². The van der Waals surface area contributed by atoms with Crippen molar-refractivity contribution in [3.63, 3.8) is 0 Å². The number of benzene rings is 2. The Morgan fingerprint density at radius 3 is 2.79 bits per heavy atom. The highest BCUT2D eigenvalue weighted by Gasteiger charge is 2.37. The van der Waals surface area contributed by atoms with Gasteiger partial charge in [-0.2, -0.15) is 0 Å². The third-order valence-electron chi connectivity index (χ3n) is 4.34. The van der Waals surface area contributed by atoms with Gasteiger partial charge in [0.2, 0.25) is 5.91 Å². The van der Waals surface area contributed by atoms with E-state index in [0.29, 0.717) is 11.6 Å². The molecule has 4 nitrogen and oxygen atoms in total. The van der Waals surface area contributed by atoms with Crippen LogP contribution in [0.15, 0.2) is 47.4 Å². The molecule has 1 fully saturated rings. The number of fused-ring (bicyclic) bond motifs is 1. The van der Waals surface area contributed by atoms with Crippen LogP contribution in [0.1, 0.15) is 18.4 Å². The van der Waals surface area contributed by atoms with Gasteiger partial charge in [-0.1, -0.05) is 47.6 Å². The lowest BCUT2D eigenvalue weighted by Crippen LogP contribution is -2.42. The van der Waals surface area contributed by atoms with Crippen molar-refractivity contribution in [1.29, 1.82) is 0 Å². The van der Waals surface area contributed by atoms with Gasteiger partial charge in [0.1, 0.15) is 0 Å². The maximum absolute atomic E-state index is 12.3. The maximum atomic E-state index is 12.3. The van der Waals surface area contributed by atoms with Crippen LogP contribution in [0.2, 0.25) is 5.02 Å². The first-order chi connectivity index (χ1) is 11.7. The van der Waals surface area contributed by atoms with Gasteiger partial charge in [0.25, 0.3) is 0 Å². The topological polar surface area (TPSA) is 58.4 Å². The van der Waals surface area contributed by atoms with Gasteiger partial charge in [-0.05, 0) is 36.6 Å². The average molecular weight is 360 g/mol. The summed E-state index contributed by atoms with van der Waals surface area (Å²) in [6.45, 7) is 0.391. The maximum Gasteiger partial charge on any atom is 0.225 e. The van der Waals surface area contributed by atoms with Crippen molar-refractivity contribution >= 4 is 40.6 Å². The summed E-state index contributed by atoms with van der Waals surface area (Å²) >= 11 is 8.15. The Kier molecular flexibility index (Phi) is 4.16. The molecule has 1 saturated carbocycles.